The largest absolute Gasteiger partial charge is 0.465 e. The van der Waals surface area contributed by atoms with Crippen LogP contribution >= 0.6 is 0 Å². The molecule has 1 aromatic carbocycles. The third-order valence-electron chi connectivity index (χ3n) is 3.61. The van der Waals surface area contributed by atoms with Gasteiger partial charge in [-0.05, 0) is 12.0 Å². The van der Waals surface area contributed by atoms with Crippen LogP contribution in [-0.2, 0) is 11.3 Å². The maximum absolute atomic E-state index is 11.8. The van der Waals surface area contributed by atoms with E-state index in [2.05, 4.69) is 5.32 Å². The van der Waals surface area contributed by atoms with Crippen LogP contribution in [-0.4, -0.2) is 40.8 Å². The molecule has 1 aliphatic rings. The van der Waals surface area contributed by atoms with Crippen molar-refractivity contribution in [3.63, 3.8) is 0 Å². The second-order valence-electron chi connectivity index (χ2n) is 5.01. The summed E-state index contributed by atoms with van der Waals surface area (Å²) in [7, 11) is 0. The number of alkyl carbamates (subject to hydrolysis) is 1. The molecule has 1 saturated heterocycles. The number of ether oxygens (including phenoxy) is 1. The molecule has 0 spiro atoms. The molecule has 22 heavy (non-hydrogen) atoms. The molecule has 1 heterocycles. The van der Waals surface area contributed by atoms with Gasteiger partial charge in [-0.1, -0.05) is 30.3 Å². The first kappa shape index (κ1) is 15.6. The number of amides is 2. The number of carbonyl (C=O) groups is 2. The summed E-state index contributed by atoms with van der Waals surface area (Å²) >= 11 is 0. The molecular weight excluding hydrogens is 286 g/mol. The van der Waals surface area contributed by atoms with Gasteiger partial charge in [0.1, 0.15) is 6.61 Å². The van der Waals surface area contributed by atoms with E-state index in [-0.39, 0.29) is 13.0 Å². The molecule has 0 aromatic heterocycles. The van der Waals surface area contributed by atoms with Crippen molar-refractivity contribution < 1.29 is 19.4 Å². The minimum Gasteiger partial charge on any atom is -0.465 e. The molecule has 2 atom stereocenters. The number of carbonyl (C=O) groups excluding carboxylic acids is 1. The van der Waals surface area contributed by atoms with E-state index in [4.69, 9.17) is 15.1 Å². The highest BCUT2D eigenvalue weighted by atomic mass is 16.5. The Morgan fingerprint density at radius 3 is 2.77 bits per heavy atom. The van der Waals surface area contributed by atoms with Gasteiger partial charge in [-0.2, -0.15) is 5.26 Å². The second-order valence-corrected chi connectivity index (χ2v) is 5.01. The molecule has 1 aromatic rings. The Morgan fingerprint density at radius 1 is 1.41 bits per heavy atom. The normalized spacial score (nSPS) is 20.2. The lowest BCUT2D eigenvalue weighted by molar-refractivity contribution is 0.124. The van der Waals surface area contributed by atoms with Crippen LogP contribution < -0.4 is 5.32 Å². The van der Waals surface area contributed by atoms with Crippen LogP contribution in [0.2, 0.25) is 0 Å². The molecule has 0 unspecified atom stereocenters. The van der Waals surface area contributed by atoms with Crippen molar-refractivity contribution in [2.45, 2.75) is 31.5 Å². The fourth-order valence-electron chi connectivity index (χ4n) is 2.52. The van der Waals surface area contributed by atoms with E-state index < -0.39 is 24.3 Å². The molecule has 2 N–H and O–H groups in total. The third-order valence-corrected chi connectivity index (χ3v) is 3.61. The topological polar surface area (TPSA) is 103 Å². The molecular formula is C15H17N3O4. The van der Waals surface area contributed by atoms with Crippen molar-refractivity contribution in [2.24, 2.45) is 0 Å². The smallest absolute Gasteiger partial charge is 0.407 e. The summed E-state index contributed by atoms with van der Waals surface area (Å²) in [6.45, 7) is 0.441. The van der Waals surface area contributed by atoms with Crippen LogP contribution in [0.1, 0.15) is 18.4 Å². The molecule has 1 fully saturated rings. The number of nitrogens with one attached hydrogen (secondary N) is 1. The molecule has 7 nitrogen and oxygen atoms in total. The lowest BCUT2D eigenvalue weighted by Gasteiger charge is -2.24. The quantitative estimate of drug-likeness (QED) is 0.885. The molecule has 2 rings (SSSR count). The van der Waals surface area contributed by atoms with Crippen molar-refractivity contribution in [1.29, 1.82) is 5.26 Å². The zero-order valence-electron chi connectivity index (χ0n) is 11.9. The zero-order chi connectivity index (χ0) is 15.9. The number of benzene rings is 1. The van der Waals surface area contributed by atoms with Crippen LogP contribution in [0.4, 0.5) is 9.59 Å². The highest BCUT2D eigenvalue weighted by Crippen LogP contribution is 2.21. The van der Waals surface area contributed by atoms with Crippen LogP contribution in [0.5, 0.6) is 0 Å². The fourth-order valence-corrected chi connectivity index (χ4v) is 2.52. The van der Waals surface area contributed by atoms with Gasteiger partial charge in [-0.15, -0.1) is 0 Å². The molecule has 0 bridgehead atoms. The van der Waals surface area contributed by atoms with Gasteiger partial charge in [-0.25, -0.2) is 9.59 Å². The number of rotatable bonds is 4. The van der Waals surface area contributed by atoms with Crippen LogP contribution in [0.15, 0.2) is 30.3 Å². The molecule has 0 saturated carbocycles. The number of hydrogen-bond donors (Lipinski definition) is 2. The Bertz CT molecular complexity index is 570. The lowest BCUT2D eigenvalue weighted by Crippen LogP contribution is -2.46. The number of likely N-dealkylation sites (tertiary alicyclic amines) is 1. The van der Waals surface area contributed by atoms with Gasteiger partial charge in [0.25, 0.3) is 0 Å². The summed E-state index contributed by atoms with van der Waals surface area (Å²) in [4.78, 5) is 24.1. The molecule has 0 radical (unpaired) electrons. The highest BCUT2D eigenvalue weighted by Gasteiger charge is 2.38. The Labute approximate surface area is 128 Å². The first-order valence-corrected chi connectivity index (χ1v) is 6.95. The lowest BCUT2D eigenvalue weighted by atomic mass is 10.1. The maximum atomic E-state index is 11.8. The van der Waals surface area contributed by atoms with Crippen molar-refractivity contribution in [3.05, 3.63) is 35.9 Å². The van der Waals surface area contributed by atoms with E-state index >= 15 is 0 Å². The first-order chi connectivity index (χ1) is 10.6. The summed E-state index contributed by atoms with van der Waals surface area (Å²) in [5, 5.41) is 20.6. The van der Waals surface area contributed by atoms with Crippen LogP contribution in [0.3, 0.4) is 0 Å². The highest BCUT2D eigenvalue weighted by molar-refractivity contribution is 5.69. The predicted octanol–water partition coefficient (Wildman–Crippen LogP) is 1.95. The summed E-state index contributed by atoms with van der Waals surface area (Å²) in [5.41, 5.74) is 0.866. The van der Waals surface area contributed by atoms with Gasteiger partial charge in [0.2, 0.25) is 0 Å². The fraction of sp³-hybridized carbons (Fsp3) is 0.400. The monoisotopic (exact) mass is 303 g/mol. The summed E-state index contributed by atoms with van der Waals surface area (Å²) in [6.07, 6.45) is -1.18. The Morgan fingerprint density at radius 2 is 2.14 bits per heavy atom. The third kappa shape index (κ3) is 3.88. The van der Waals surface area contributed by atoms with Gasteiger partial charge in [0, 0.05) is 6.54 Å². The van der Waals surface area contributed by atoms with E-state index in [9.17, 15) is 9.59 Å². The number of hydrogen-bond acceptors (Lipinski definition) is 4. The summed E-state index contributed by atoms with van der Waals surface area (Å²) < 4.78 is 5.11. The SMILES string of the molecule is N#CC[C@@H]1[C@@H](NC(=O)OCc2ccccc2)CCN1C(=O)O. The van der Waals surface area contributed by atoms with Crippen molar-refractivity contribution in [3.8, 4) is 6.07 Å². The molecule has 1 aliphatic heterocycles. The van der Waals surface area contributed by atoms with Gasteiger partial charge >= 0.3 is 12.2 Å². The standard InChI is InChI=1S/C15H17N3O4/c16-8-6-13-12(7-9-18(13)15(20)21)17-14(19)22-10-11-4-2-1-3-5-11/h1-5,12-13H,6-7,9-10H2,(H,17,19)(H,20,21)/t12-,13+/m0/s1. The molecule has 116 valence electrons. The van der Waals surface area contributed by atoms with Crippen LogP contribution in [0.25, 0.3) is 0 Å². The van der Waals surface area contributed by atoms with Crippen LogP contribution in [0, 0.1) is 11.3 Å². The second kappa shape index (κ2) is 7.31. The molecule has 0 aliphatic carbocycles. The van der Waals surface area contributed by atoms with Gasteiger partial charge < -0.3 is 20.1 Å². The van der Waals surface area contributed by atoms with Crippen molar-refractivity contribution in [1.82, 2.24) is 10.2 Å². The van der Waals surface area contributed by atoms with E-state index in [0.717, 1.165) is 5.56 Å². The van der Waals surface area contributed by atoms with Crippen molar-refractivity contribution >= 4 is 12.2 Å². The van der Waals surface area contributed by atoms with E-state index in [1.54, 1.807) is 0 Å². The minimum absolute atomic E-state index is 0.0376. The van der Waals surface area contributed by atoms with Gasteiger partial charge in [0.05, 0.1) is 24.6 Å². The molecule has 2 amide bonds. The number of nitrogens with zero attached hydrogens (tertiary/aromatic N) is 2. The van der Waals surface area contributed by atoms with Gasteiger partial charge in [0.15, 0.2) is 0 Å². The Balaban J connectivity index is 1.88. The Hall–Kier alpha value is -2.75. The Kier molecular flexibility index (Phi) is 5.20. The van der Waals surface area contributed by atoms with E-state index in [0.29, 0.717) is 13.0 Å². The van der Waals surface area contributed by atoms with E-state index in [1.165, 1.54) is 4.90 Å². The van der Waals surface area contributed by atoms with Crippen molar-refractivity contribution in [2.75, 3.05) is 6.54 Å². The molecule has 7 heteroatoms. The zero-order valence-corrected chi connectivity index (χ0v) is 11.9. The van der Waals surface area contributed by atoms with Gasteiger partial charge in [-0.3, -0.25) is 0 Å². The maximum Gasteiger partial charge on any atom is 0.407 e. The summed E-state index contributed by atoms with van der Waals surface area (Å²) in [6, 6.07) is 10.3. The predicted molar refractivity (Wildman–Crippen MR) is 76.9 cm³/mol. The summed E-state index contributed by atoms with van der Waals surface area (Å²) in [5.74, 6) is 0. The minimum atomic E-state index is -1.08. The average Bonchev–Trinajstić information content (AvgIpc) is 2.90. The number of carboxylic acid groups (broad SMARTS) is 1. The van der Waals surface area contributed by atoms with E-state index in [1.807, 2.05) is 36.4 Å². The first-order valence-electron chi connectivity index (χ1n) is 6.95. The number of nitriles is 1. The average molecular weight is 303 g/mol.